The predicted molar refractivity (Wildman–Crippen MR) is 133 cm³/mol. The van der Waals surface area contributed by atoms with Gasteiger partial charge in [0.25, 0.3) is 5.16 Å². The van der Waals surface area contributed by atoms with Gasteiger partial charge in [0, 0.05) is 38.3 Å². The van der Waals surface area contributed by atoms with E-state index in [0.29, 0.717) is 17.0 Å². The van der Waals surface area contributed by atoms with E-state index < -0.39 is 49.8 Å². The molecule has 0 radical (unpaired) electrons. The Morgan fingerprint density at radius 3 is 2.53 bits per heavy atom. The number of carbonyl (C=O) groups excluding carboxylic acids is 2. The SMILES string of the molecule is CCOC(=O)CNc1nc(S(C)(=O)=O)nc(Oc2cc(CC(=O)N(C)C)cc(-c3ncc[nH]3)c2)c1[N+](=O)[O-]. The lowest BCUT2D eigenvalue weighted by atomic mass is 10.1. The van der Waals surface area contributed by atoms with E-state index in [1.165, 1.54) is 23.2 Å². The Hall–Kier alpha value is -4.60. The number of esters is 1. The number of rotatable bonds is 11. The van der Waals surface area contributed by atoms with E-state index in [1.807, 2.05) is 0 Å². The summed E-state index contributed by atoms with van der Waals surface area (Å²) in [5.74, 6) is -1.77. The van der Waals surface area contributed by atoms with Gasteiger partial charge in [0.05, 0.1) is 18.0 Å². The Kier molecular flexibility index (Phi) is 8.57. The Balaban J connectivity index is 2.13. The minimum Gasteiger partial charge on any atom is -0.465 e. The molecular weight excluding hydrogens is 522 g/mol. The van der Waals surface area contributed by atoms with Gasteiger partial charge in [0.15, 0.2) is 0 Å². The predicted octanol–water partition coefficient (Wildman–Crippen LogP) is 1.58. The van der Waals surface area contributed by atoms with Crippen LogP contribution in [-0.2, 0) is 30.6 Å². The van der Waals surface area contributed by atoms with Crippen LogP contribution in [0.1, 0.15) is 12.5 Å². The molecule has 0 atom stereocenters. The van der Waals surface area contributed by atoms with E-state index in [4.69, 9.17) is 9.47 Å². The van der Waals surface area contributed by atoms with Gasteiger partial charge in [-0.2, -0.15) is 9.97 Å². The number of carbonyl (C=O) groups is 2. The summed E-state index contributed by atoms with van der Waals surface area (Å²) < 4.78 is 35.0. The van der Waals surface area contributed by atoms with Crippen LogP contribution in [0.5, 0.6) is 11.6 Å². The summed E-state index contributed by atoms with van der Waals surface area (Å²) in [4.78, 5) is 51.2. The normalized spacial score (nSPS) is 11.1. The highest BCUT2D eigenvalue weighted by Crippen LogP contribution is 2.37. The van der Waals surface area contributed by atoms with Gasteiger partial charge in [-0.05, 0) is 30.7 Å². The summed E-state index contributed by atoms with van der Waals surface area (Å²) in [5, 5.41) is 13.6. The number of benzene rings is 1. The van der Waals surface area contributed by atoms with Crippen molar-refractivity contribution in [3.8, 4) is 23.0 Å². The number of imidazole rings is 1. The fourth-order valence-corrected chi connectivity index (χ4v) is 3.64. The second-order valence-electron chi connectivity index (χ2n) is 8.07. The standard InChI is InChI=1S/C22H25N7O8S/c1-5-36-17(31)12-25-20-18(29(32)33)21(27-22(26-20)38(4,34)35)37-15-9-13(10-16(30)28(2)3)8-14(11-15)19-23-6-7-24-19/h6-9,11H,5,10,12H2,1-4H3,(H,23,24)(H,25,26,27). The van der Waals surface area contributed by atoms with Crippen LogP contribution in [0.2, 0.25) is 0 Å². The van der Waals surface area contributed by atoms with Gasteiger partial charge in [-0.15, -0.1) is 0 Å². The number of aromatic amines is 1. The van der Waals surface area contributed by atoms with Gasteiger partial charge in [0.1, 0.15) is 18.1 Å². The van der Waals surface area contributed by atoms with Crippen LogP contribution >= 0.6 is 0 Å². The van der Waals surface area contributed by atoms with Crippen molar-refractivity contribution >= 4 is 33.2 Å². The zero-order chi connectivity index (χ0) is 28.0. The maximum atomic E-state index is 12.3. The molecule has 0 saturated heterocycles. The van der Waals surface area contributed by atoms with Crippen molar-refractivity contribution in [1.29, 1.82) is 0 Å². The average molecular weight is 548 g/mol. The zero-order valence-electron chi connectivity index (χ0n) is 20.9. The van der Waals surface area contributed by atoms with Crippen molar-refractivity contribution in [2.45, 2.75) is 18.5 Å². The van der Waals surface area contributed by atoms with Gasteiger partial charge in [0.2, 0.25) is 21.6 Å². The maximum absolute atomic E-state index is 12.3. The molecular formula is C22H25N7O8S. The minimum absolute atomic E-state index is 0.0121. The number of sulfone groups is 1. The molecule has 16 heteroatoms. The van der Waals surface area contributed by atoms with E-state index in [-0.39, 0.29) is 24.7 Å². The molecule has 3 aromatic rings. The zero-order valence-corrected chi connectivity index (χ0v) is 21.7. The molecule has 38 heavy (non-hydrogen) atoms. The number of H-pyrrole nitrogens is 1. The first-order chi connectivity index (χ1) is 17.9. The largest absolute Gasteiger partial charge is 0.465 e. The lowest BCUT2D eigenvalue weighted by molar-refractivity contribution is -0.385. The van der Waals surface area contributed by atoms with Crippen molar-refractivity contribution in [3.63, 3.8) is 0 Å². The molecule has 2 aromatic heterocycles. The summed E-state index contributed by atoms with van der Waals surface area (Å²) in [6.07, 6.45) is 3.89. The number of anilines is 1. The number of aromatic nitrogens is 4. The van der Waals surface area contributed by atoms with E-state index in [0.717, 1.165) is 6.26 Å². The molecule has 0 spiro atoms. The molecule has 0 bridgehead atoms. The van der Waals surface area contributed by atoms with Gasteiger partial charge >= 0.3 is 17.5 Å². The first kappa shape index (κ1) is 28.0. The Bertz CT molecular complexity index is 1460. The molecule has 202 valence electrons. The van der Waals surface area contributed by atoms with Crippen LogP contribution in [0.15, 0.2) is 35.7 Å². The Labute approximate surface area is 217 Å². The Morgan fingerprint density at radius 1 is 1.21 bits per heavy atom. The van der Waals surface area contributed by atoms with E-state index in [9.17, 15) is 28.1 Å². The molecule has 1 amide bonds. The fraction of sp³-hybridized carbons (Fsp3) is 0.318. The van der Waals surface area contributed by atoms with Crippen molar-refractivity contribution in [3.05, 3.63) is 46.3 Å². The van der Waals surface area contributed by atoms with Crippen LogP contribution in [-0.4, -0.2) is 83.6 Å². The molecule has 2 N–H and O–H groups in total. The van der Waals surface area contributed by atoms with E-state index in [1.54, 1.807) is 33.3 Å². The van der Waals surface area contributed by atoms with Crippen LogP contribution in [0.25, 0.3) is 11.4 Å². The van der Waals surface area contributed by atoms with Crippen molar-refractivity contribution in [2.24, 2.45) is 0 Å². The van der Waals surface area contributed by atoms with Crippen LogP contribution < -0.4 is 10.1 Å². The number of hydrogen-bond donors (Lipinski definition) is 2. The number of hydrogen-bond acceptors (Lipinski definition) is 12. The molecule has 3 rings (SSSR count). The van der Waals surface area contributed by atoms with Crippen molar-refractivity contribution in [2.75, 3.05) is 38.8 Å². The maximum Gasteiger partial charge on any atom is 0.373 e. The third-order valence-corrected chi connectivity index (χ3v) is 5.70. The highest BCUT2D eigenvalue weighted by Gasteiger charge is 2.30. The molecule has 0 fully saturated rings. The Morgan fingerprint density at radius 2 is 1.95 bits per heavy atom. The van der Waals surface area contributed by atoms with Crippen LogP contribution in [0, 0.1) is 10.1 Å². The van der Waals surface area contributed by atoms with Crippen molar-refractivity contribution in [1.82, 2.24) is 24.8 Å². The summed E-state index contributed by atoms with van der Waals surface area (Å²) in [7, 11) is -0.864. The first-order valence-electron chi connectivity index (χ1n) is 11.1. The number of nitrogens with one attached hydrogen (secondary N) is 2. The first-order valence-corrected chi connectivity index (χ1v) is 13.0. The number of ether oxygens (including phenoxy) is 2. The third-order valence-electron chi connectivity index (χ3n) is 4.86. The fourth-order valence-electron chi connectivity index (χ4n) is 3.13. The number of nitro groups is 1. The van der Waals surface area contributed by atoms with Crippen molar-refractivity contribution < 1.29 is 32.4 Å². The molecule has 0 aliphatic carbocycles. The molecule has 0 saturated carbocycles. The topological polar surface area (TPSA) is 200 Å². The number of likely N-dealkylation sites (N-methyl/N-ethyl adjacent to an activating group) is 1. The quantitative estimate of drug-likeness (QED) is 0.152. The molecule has 2 heterocycles. The summed E-state index contributed by atoms with van der Waals surface area (Å²) >= 11 is 0. The van der Waals surface area contributed by atoms with E-state index in [2.05, 4.69) is 25.3 Å². The lowest BCUT2D eigenvalue weighted by Gasteiger charge is -2.14. The molecule has 0 unspecified atom stereocenters. The molecule has 0 aliphatic heterocycles. The molecule has 15 nitrogen and oxygen atoms in total. The average Bonchev–Trinajstić information content (AvgIpc) is 3.37. The minimum atomic E-state index is -4.05. The highest BCUT2D eigenvalue weighted by molar-refractivity contribution is 7.90. The van der Waals surface area contributed by atoms with Crippen LogP contribution in [0.3, 0.4) is 0 Å². The second kappa shape index (κ2) is 11.6. The van der Waals surface area contributed by atoms with Gasteiger partial charge < -0.3 is 24.7 Å². The lowest BCUT2D eigenvalue weighted by Crippen LogP contribution is -2.23. The third kappa shape index (κ3) is 7.00. The number of amides is 1. The molecule has 1 aromatic carbocycles. The second-order valence-corrected chi connectivity index (χ2v) is 9.98. The monoisotopic (exact) mass is 547 g/mol. The summed E-state index contributed by atoms with van der Waals surface area (Å²) in [6.45, 7) is 1.12. The smallest absolute Gasteiger partial charge is 0.373 e. The van der Waals surface area contributed by atoms with Gasteiger partial charge in [-0.3, -0.25) is 19.7 Å². The number of nitrogens with zero attached hydrogens (tertiary/aromatic N) is 5. The summed E-state index contributed by atoms with van der Waals surface area (Å²) in [6, 6.07) is 4.64. The van der Waals surface area contributed by atoms with Crippen LogP contribution in [0.4, 0.5) is 11.5 Å². The summed E-state index contributed by atoms with van der Waals surface area (Å²) in [5.41, 5.74) is 0.180. The highest BCUT2D eigenvalue weighted by atomic mass is 32.2. The van der Waals surface area contributed by atoms with Gasteiger partial charge in [-0.1, -0.05) is 0 Å². The molecule has 0 aliphatic rings. The van der Waals surface area contributed by atoms with Gasteiger partial charge in [-0.25, -0.2) is 13.4 Å². The van der Waals surface area contributed by atoms with E-state index >= 15 is 0 Å².